The van der Waals surface area contributed by atoms with E-state index in [1.54, 1.807) is 48.5 Å². The summed E-state index contributed by atoms with van der Waals surface area (Å²) in [5.41, 5.74) is 3.70. The van der Waals surface area contributed by atoms with Crippen molar-refractivity contribution in [3.63, 3.8) is 0 Å². The molecule has 0 radical (unpaired) electrons. The maximum Gasteiger partial charge on any atom is 0.329 e. The van der Waals surface area contributed by atoms with Crippen molar-refractivity contribution < 1.29 is 19.1 Å². The van der Waals surface area contributed by atoms with E-state index < -0.39 is 11.8 Å². The molecule has 3 rings (SSSR count). The van der Waals surface area contributed by atoms with Crippen molar-refractivity contribution in [1.82, 2.24) is 5.43 Å². The number of carbonyl (C=O) groups excluding carboxylic acids is 2. The second-order valence-corrected chi connectivity index (χ2v) is 8.32. The lowest BCUT2D eigenvalue weighted by Crippen LogP contribution is -2.32. The van der Waals surface area contributed by atoms with E-state index >= 15 is 0 Å². The SMILES string of the molecule is COc1cc(/C=N\NC(=O)C(=O)Nc2cccc(Cl)c2Cl)ccc1OCc1ccc(Cl)cc1Cl. The highest BCUT2D eigenvalue weighted by Gasteiger charge is 2.15. The van der Waals surface area contributed by atoms with Gasteiger partial charge in [-0.05, 0) is 48.0 Å². The number of carbonyl (C=O) groups is 2. The van der Waals surface area contributed by atoms with Gasteiger partial charge in [0.1, 0.15) is 6.61 Å². The normalized spacial score (nSPS) is 10.7. The minimum Gasteiger partial charge on any atom is -0.493 e. The molecule has 34 heavy (non-hydrogen) atoms. The van der Waals surface area contributed by atoms with Gasteiger partial charge in [0.15, 0.2) is 11.5 Å². The highest BCUT2D eigenvalue weighted by molar-refractivity contribution is 6.45. The van der Waals surface area contributed by atoms with Crippen molar-refractivity contribution in [2.24, 2.45) is 5.10 Å². The third-order valence-electron chi connectivity index (χ3n) is 4.37. The Bertz CT molecular complexity index is 1250. The quantitative estimate of drug-likeness (QED) is 0.219. The first-order valence-electron chi connectivity index (χ1n) is 9.61. The van der Waals surface area contributed by atoms with E-state index in [1.165, 1.54) is 19.4 Å². The number of hydrazone groups is 1. The smallest absolute Gasteiger partial charge is 0.329 e. The average molecular weight is 541 g/mol. The summed E-state index contributed by atoms with van der Waals surface area (Å²) in [6, 6.07) is 14.8. The molecule has 0 aliphatic rings. The monoisotopic (exact) mass is 539 g/mol. The van der Waals surface area contributed by atoms with E-state index in [0.29, 0.717) is 27.1 Å². The van der Waals surface area contributed by atoms with Crippen LogP contribution in [0.4, 0.5) is 5.69 Å². The fraction of sp³-hybridized carbons (Fsp3) is 0.0870. The van der Waals surface area contributed by atoms with Crippen LogP contribution in [0.5, 0.6) is 11.5 Å². The summed E-state index contributed by atoms with van der Waals surface area (Å²) >= 11 is 24.0. The van der Waals surface area contributed by atoms with Crippen LogP contribution in [-0.2, 0) is 16.2 Å². The van der Waals surface area contributed by atoms with Gasteiger partial charge >= 0.3 is 11.8 Å². The summed E-state index contributed by atoms with van der Waals surface area (Å²) in [6.45, 7) is 0.210. The molecule has 11 heteroatoms. The minimum absolute atomic E-state index is 0.126. The molecular formula is C23H17Cl4N3O4. The molecule has 0 atom stereocenters. The standard InChI is InChI=1S/C23H17Cl4N3O4/c1-33-20-9-13(5-8-19(20)34-12-14-6-7-15(24)10-17(14)26)11-28-30-23(32)22(31)29-18-4-2-3-16(25)21(18)27/h2-11H,12H2,1H3,(H,29,31)(H,30,32)/b28-11-. The van der Waals surface area contributed by atoms with E-state index in [2.05, 4.69) is 15.8 Å². The zero-order valence-corrected chi connectivity index (χ0v) is 20.6. The molecule has 0 saturated heterocycles. The van der Waals surface area contributed by atoms with Gasteiger partial charge in [0.25, 0.3) is 0 Å². The van der Waals surface area contributed by atoms with Crippen LogP contribution in [0.3, 0.4) is 0 Å². The van der Waals surface area contributed by atoms with Gasteiger partial charge in [0.05, 0.1) is 29.1 Å². The first-order valence-corrected chi connectivity index (χ1v) is 11.1. The number of halogens is 4. The Morgan fingerprint density at radius 2 is 1.74 bits per heavy atom. The number of benzene rings is 3. The molecular weight excluding hydrogens is 524 g/mol. The highest BCUT2D eigenvalue weighted by atomic mass is 35.5. The predicted molar refractivity (Wildman–Crippen MR) is 135 cm³/mol. The molecule has 0 aliphatic carbocycles. The predicted octanol–water partition coefficient (Wildman–Crippen LogP) is 5.98. The van der Waals surface area contributed by atoms with Crippen molar-refractivity contribution in [2.75, 3.05) is 12.4 Å². The maximum absolute atomic E-state index is 12.0. The minimum atomic E-state index is -0.987. The van der Waals surface area contributed by atoms with Crippen molar-refractivity contribution in [3.05, 3.63) is 85.8 Å². The van der Waals surface area contributed by atoms with Gasteiger partial charge in [-0.1, -0.05) is 58.5 Å². The van der Waals surface area contributed by atoms with E-state index in [-0.39, 0.29) is 22.3 Å². The number of hydrogen-bond acceptors (Lipinski definition) is 5. The van der Waals surface area contributed by atoms with Gasteiger partial charge in [0, 0.05) is 15.6 Å². The van der Waals surface area contributed by atoms with Crippen molar-refractivity contribution in [1.29, 1.82) is 0 Å². The van der Waals surface area contributed by atoms with Gasteiger partial charge in [-0.3, -0.25) is 9.59 Å². The topological polar surface area (TPSA) is 89.0 Å². The summed E-state index contributed by atoms with van der Waals surface area (Å²) in [5, 5.41) is 7.56. The molecule has 0 spiro atoms. The third-order valence-corrected chi connectivity index (χ3v) is 5.78. The molecule has 0 heterocycles. The number of methoxy groups -OCH3 is 1. The van der Waals surface area contributed by atoms with E-state index in [1.807, 2.05) is 0 Å². The van der Waals surface area contributed by atoms with Crippen LogP contribution in [-0.4, -0.2) is 25.1 Å². The number of rotatable bonds is 7. The number of amides is 2. The van der Waals surface area contributed by atoms with Crippen LogP contribution in [0.2, 0.25) is 20.1 Å². The van der Waals surface area contributed by atoms with Gasteiger partial charge in [-0.2, -0.15) is 5.10 Å². The first-order chi connectivity index (χ1) is 16.3. The molecule has 0 bridgehead atoms. The van der Waals surface area contributed by atoms with Crippen LogP contribution < -0.4 is 20.2 Å². The first kappa shape index (κ1) is 25.6. The maximum atomic E-state index is 12.0. The third kappa shape index (κ3) is 6.77. The molecule has 0 aliphatic heterocycles. The van der Waals surface area contributed by atoms with Gasteiger partial charge in [-0.25, -0.2) is 5.43 Å². The Kier molecular flexibility index (Phi) is 9.01. The molecule has 2 amide bonds. The Hall–Kier alpha value is -2.97. The molecule has 0 saturated carbocycles. The molecule has 0 unspecified atom stereocenters. The van der Waals surface area contributed by atoms with Crippen molar-refractivity contribution in [2.45, 2.75) is 6.61 Å². The lowest BCUT2D eigenvalue weighted by atomic mass is 10.2. The molecule has 2 N–H and O–H groups in total. The van der Waals surface area contributed by atoms with Gasteiger partial charge in [0.2, 0.25) is 0 Å². The Morgan fingerprint density at radius 1 is 0.941 bits per heavy atom. The summed E-state index contributed by atoms with van der Waals surface area (Å²) in [6.07, 6.45) is 1.35. The molecule has 0 aromatic heterocycles. The lowest BCUT2D eigenvalue weighted by Gasteiger charge is -2.12. The molecule has 3 aromatic rings. The summed E-state index contributed by atoms with van der Waals surface area (Å²) in [7, 11) is 1.49. The molecule has 3 aromatic carbocycles. The zero-order chi connectivity index (χ0) is 24.7. The molecule has 7 nitrogen and oxygen atoms in total. The number of nitrogens with one attached hydrogen (secondary N) is 2. The Balaban J connectivity index is 1.59. The number of anilines is 1. The second kappa shape index (κ2) is 11.9. The fourth-order valence-electron chi connectivity index (χ4n) is 2.67. The van der Waals surface area contributed by atoms with Gasteiger partial charge in [-0.15, -0.1) is 0 Å². The lowest BCUT2D eigenvalue weighted by molar-refractivity contribution is -0.136. The summed E-state index contributed by atoms with van der Waals surface area (Å²) in [4.78, 5) is 24.0. The number of hydrogen-bond donors (Lipinski definition) is 2. The van der Waals surface area contributed by atoms with E-state index in [4.69, 9.17) is 55.9 Å². The van der Waals surface area contributed by atoms with Crippen molar-refractivity contribution in [3.8, 4) is 11.5 Å². The summed E-state index contributed by atoms with van der Waals surface area (Å²) in [5.74, 6) is -1.02. The van der Waals surface area contributed by atoms with E-state index in [0.717, 1.165) is 5.56 Å². The van der Waals surface area contributed by atoms with Crippen molar-refractivity contribution >= 4 is 70.1 Å². The Morgan fingerprint density at radius 3 is 2.47 bits per heavy atom. The fourth-order valence-corrected chi connectivity index (χ4v) is 3.48. The number of ether oxygens (including phenoxy) is 2. The molecule has 0 fully saturated rings. The Labute approximate surface area is 215 Å². The van der Waals surface area contributed by atoms with Crippen LogP contribution in [0.25, 0.3) is 0 Å². The molecule has 176 valence electrons. The zero-order valence-electron chi connectivity index (χ0n) is 17.6. The largest absolute Gasteiger partial charge is 0.493 e. The average Bonchev–Trinajstić information content (AvgIpc) is 2.81. The van der Waals surface area contributed by atoms with Crippen LogP contribution >= 0.6 is 46.4 Å². The van der Waals surface area contributed by atoms with Crippen LogP contribution in [0, 0.1) is 0 Å². The summed E-state index contributed by atoms with van der Waals surface area (Å²) < 4.78 is 11.2. The second-order valence-electron chi connectivity index (χ2n) is 6.69. The van der Waals surface area contributed by atoms with Crippen LogP contribution in [0.1, 0.15) is 11.1 Å². The number of nitrogens with zero attached hydrogens (tertiary/aromatic N) is 1. The highest BCUT2D eigenvalue weighted by Crippen LogP contribution is 2.30. The van der Waals surface area contributed by atoms with Crippen LogP contribution in [0.15, 0.2) is 59.7 Å². The van der Waals surface area contributed by atoms with Gasteiger partial charge < -0.3 is 14.8 Å². The van der Waals surface area contributed by atoms with E-state index in [9.17, 15) is 9.59 Å².